The number of carbonyl (C=O) groups is 1. The predicted octanol–water partition coefficient (Wildman–Crippen LogP) is 0.627. The molecular formula is C10H18O5S. The molecule has 0 aromatic rings. The summed E-state index contributed by atoms with van der Waals surface area (Å²) in [4.78, 5) is 11.4. The second-order valence-corrected chi connectivity index (χ2v) is 3.90. The highest BCUT2D eigenvalue weighted by atomic mass is 32.1. The number of rotatable bonds is 5. The molecule has 1 fully saturated rings. The summed E-state index contributed by atoms with van der Waals surface area (Å²) in [6.45, 7) is 1.13. The van der Waals surface area contributed by atoms with Crippen LogP contribution in [0.3, 0.4) is 0 Å². The van der Waals surface area contributed by atoms with Gasteiger partial charge in [0.25, 0.3) is 0 Å². The minimum atomic E-state index is -0.750. The van der Waals surface area contributed by atoms with E-state index in [0.29, 0.717) is 26.1 Å². The summed E-state index contributed by atoms with van der Waals surface area (Å²) in [7, 11) is 2.89. The summed E-state index contributed by atoms with van der Waals surface area (Å²) in [5.74, 6) is -0.920. The highest BCUT2D eigenvalue weighted by molar-refractivity contribution is 7.80. The van der Waals surface area contributed by atoms with Crippen molar-refractivity contribution in [1.29, 1.82) is 0 Å². The van der Waals surface area contributed by atoms with E-state index in [-0.39, 0.29) is 5.75 Å². The first-order valence-corrected chi connectivity index (χ1v) is 5.80. The summed E-state index contributed by atoms with van der Waals surface area (Å²) in [5, 5.41) is 0. The van der Waals surface area contributed by atoms with Crippen molar-refractivity contribution in [3.8, 4) is 0 Å². The molecule has 0 bridgehead atoms. The third kappa shape index (κ3) is 3.35. The average molecular weight is 250 g/mol. The molecule has 0 aromatic heterocycles. The maximum atomic E-state index is 11.4. The number of methoxy groups -OCH3 is 2. The lowest BCUT2D eigenvalue weighted by atomic mass is 10.1. The summed E-state index contributed by atoms with van der Waals surface area (Å²) >= 11 is 4.07. The molecule has 6 heteroatoms. The lowest BCUT2D eigenvalue weighted by Gasteiger charge is -2.37. The van der Waals surface area contributed by atoms with Gasteiger partial charge in [-0.2, -0.15) is 12.6 Å². The quantitative estimate of drug-likeness (QED) is 0.440. The molecule has 1 aliphatic heterocycles. The monoisotopic (exact) mass is 250 g/mol. The van der Waals surface area contributed by atoms with E-state index in [1.807, 2.05) is 0 Å². The lowest BCUT2D eigenvalue weighted by Crippen LogP contribution is -2.46. The van der Waals surface area contributed by atoms with Crippen molar-refractivity contribution in [1.82, 2.24) is 0 Å². The van der Waals surface area contributed by atoms with Gasteiger partial charge in [0.15, 0.2) is 11.9 Å². The van der Waals surface area contributed by atoms with Gasteiger partial charge in [0.05, 0.1) is 20.3 Å². The molecule has 0 saturated carbocycles. The van der Waals surface area contributed by atoms with Gasteiger partial charge in [0, 0.05) is 25.7 Å². The Kier molecular flexibility index (Phi) is 5.54. The van der Waals surface area contributed by atoms with Gasteiger partial charge >= 0.3 is 5.97 Å². The van der Waals surface area contributed by atoms with Gasteiger partial charge in [-0.25, -0.2) is 4.79 Å². The highest BCUT2D eigenvalue weighted by Crippen LogP contribution is 2.27. The molecule has 1 heterocycles. The fraction of sp³-hybridized carbons (Fsp3) is 0.900. The van der Waals surface area contributed by atoms with Crippen molar-refractivity contribution >= 4 is 18.6 Å². The SMILES string of the molecule is COC(=O)[C@@H](CS)OC1(OC)CCOCC1. The maximum absolute atomic E-state index is 11.4. The Hall–Kier alpha value is -0.300. The van der Waals surface area contributed by atoms with Crippen molar-refractivity contribution in [3.05, 3.63) is 0 Å². The first-order chi connectivity index (χ1) is 7.67. The third-order valence-electron chi connectivity index (χ3n) is 2.61. The molecule has 0 unspecified atom stereocenters. The highest BCUT2D eigenvalue weighted by Gasteiger charge is 2.38. The zero-order valence-corrected chi connectivity index (χ0v) is 10.5. The minimum Gasteiger partial charge on any atom is -0.467 e. The van der Waals surface area contributed by atoms with Crippen LogP contribution in [0.4, 0.5) is 0 Å². The maximum Gasteiger partial charge on any atom is 0.335 e. The number of esters is 1. The topological polar surface area (TPSA) is 54.0 Å². The molecule has 0 aliphatic carbocycles. The van der Waals surface area contributed by atoms with Crippen LogP contribution in [0, 0.1) is 0 Å². The smallest absolute Gasteiger partial charge is 0.335 e. The average Bonchev–Trinajstić information content (AvgIpc) is 2.36. The molecule has 1 saturated heterocycles. The van der Waals surface area contributed by atoms with Gasteiger partial charge in [0.2, 0.25) is 0 Å². The van der Waals surface area contributed by atoms with Gasteiger partial charge in [-0.05, 0) is 0 Å². The van der Waals surface area contributed by atoms with Gasteiger partial charge < -0.3 is 18.9 Å². The van der Waals surface area contributed by atoms with Crippen LogP contribution in [0.25, 0.3) is 0 Å². The molecule has 0 N–H and O–H groups in total. The summed E-state index contributed by atoms with van der Waals surface area (Å²) in [6, 6.07) is 0. The fourth-order valence-corrected chi connectivity index (χ4v) is 1.83. The second kappa shape index (κ2) is 6.44. The first-order valence-electron chi connectivity index (χ1n) is 5.17. The van der Waals surface area contributed by atoms with Crippen molar-refractivity contribution in [3.63, 3.8) is 0 Å². The van der Waals surface area contributed by atoms with Crippen molar-refractivity contribution in [2.45, 2.75) is 24.7 Å². The fourth-order valence-electron chi connectivity index (χ4n) is 1.60. The van der Waals surface area contributed by atoms with Crippen molar-refractivity contribution < 1.29 is 23.7 Å². The van der Waals surface area contributed by atoms with Gasteiger partial charge in [0.1, 0.15) is 0 Å². The third-order valence-corrected chi connectivity index (χ3v) is 2.95. The van der Waals surface area contributed by atoms with E-state index in [9.17, 15) is 4.79 Å². The van der Waals surface area contributed by atoms with Gasteiger partial charge in [-0.3, -0.25) is 0 Å². The molecule has 1 aliphatic rings. The Morgan fingerprint density at radius 1 is 1.44 bits per heavy atom. The normalized spacial score (nSPS) is 21.4. The molecule has 1 rings (SSSR count). The Bertz CT molecular complexity index is 227. The molecular weight excluding hydrogens is 232 g/mol. The minimum absolute atomic E-state index is 0.263. The summed E-state index contributed by atoms with van der Waals surface area (Å²) < 4.78 is 20.9. The van der Waals surface area contributed by atoms with Crippen LogP contribution >= 0.6 is 12.6 Å². The van der Waals surface area contributed by atoms with E-state index in [4.69, 9.17) is 14.2 Å². The van der Waals surface area contributed by atoms with Crippen LogP contribution in [-0.4, -0.2) is 51.0 Å². The Balaban J connectivity index is 2.62. The molecule has 0 amide bonds. The van der Waals surface area contributed by atoms with Crippen LogP contribution in [0.2, 0.25) is 0 Å². The van der Waals surface area contributed by atoms with Crippen LogP contribution in [0.1, 0.15) is 12.8 Å². The molecule has 1 atom stereocenters. The van der Waals surface area contributed by atoms with Crippen LogP contribution in [0.5, 0.6) is 0 Å². The Morgan fingerprint density at radius 2 is 2.06 bits per heavy atom. The molecule has 0 aromatic carbocycles. The molecule has 0 radical (unpaired) electrons. The van der Waals surface area contributed by atoms with E-state index >= 15 is 0 Å². The number of carbonyl (C=O) groups excluding carboxylic acids is 1. The number of hydrogen-bond acceptors (Lipinski definition) is 6. The van der Waals surface area contributed by atoms with E-state index < -0.39 is 17.9 Å². The lowest BCUT2D eigenvalue weighted by molar-refractivity contribution is -0.272. The van der Waals surface area contributed by atoms with Crippen LogP contribution < -0.4 is 0 Å². The van der Waals surface area contributed by atoms with Gasteiger partial charge in [-0.15, -0.1) is 0 Å². The van der Waals surface area contributed by atoms with E-state index in [0.717, 1.165) is 0 Å². The zero-order valence-electron chi connectivity index (χ0n) is 9.60. The van der Waals surface area contributed by atoms with E-state index in [1.54, 1.807) is 7.11 Å². The van der Waals surface area contributed by atoms with Crippen molar-refractivity contribution in [2.24, 2.45) is 0 Å². The van der Waals surface area contributed by atoms with E-state index in [1.165, 1.54) is 7.11 Å². The van der Waals surface area contributed by atoms with Crippen LogP contribution in [0.15, 0.2) is 0 Å². The number of hydrogen-bond donors (Lipinski definition) is 1. The van der Waals surface area contributed by atoms with Crippen molar-refractivity contribution in [2.75, 3.05) is 33.2 Å². The standard InChI is InChI=1S/C10H18O5S/c1-12-9(11)8(7-16)15-10(13-2)3-5-14-6-4-10/h8,16H,3-7H2,1-2H3/t8-/m1/s1. The largest absolute Gasteiger partial charge is 0.467 e. The van der Waals surface area contributed by atoms with Crippen LogP contribution in [-0.2, 0) is 23.7 Å². The Labute approximate surface area is 101 Å². The van der Waals surface area contributed by atoms with E-state index in [2.05, 4.69) is 17.4 Å². The molecule has 94 valence electrons. The number of ether oxygens (including phenoxy) is 4. The molecule has 16 heavy (non-hydrogen) atoms. The Morgan fingerprint density at radius 3 is 2.50 bits per heavy atom. The van der Waals surface area contributed by atoms with Gasteiger partial charge in [-0.1, -0.05) is 0 Å². The zero-order chi connectivity index (χ0) is 12.0. The number of thiol groups is 1. The first kappa shape index (κ1) is 13.8. The summed E-state index contributed by atoms with van der Waals surface area (Å²) in [5.41, 5.74) is 0. The second-order valence-electron chi connectivity index (χ2n) is 3.54. The summed E-state index contributed by atoms with van der Waals surface area (Å²) in [6.07, 6.45) is 0.501. The molecule has 5 nitrogen and oxygen atoms in total. The molecule has 0 spiro atoms. The predicted molar refractivity (Wildman–Crippen MR) is 60.5 cm³/mol.